The van der Waals surface area contributed by atoms with Crippen molar-refractivity contribution in [2.45, 2.75) is 30.7 Å². The van der Waals surface area contributed by atoms with Gasteiger partial charge in [-0.25, -0.2) is 9.59 Å². The Balaban J connectivity index is 0.00000576. The fourth-order valence-electron chi connectivity index (χ4n) is 1.78. The molecule has 1 rings (SSSR count). The quantitative estimate of drug-likeness (QED) is 0.181. The number of hydrogen-bond acceptors (Lipinski definition) is 10. The molecule has 0 aromatic rings. The fraction of sp³-hybridized carbons (Fsp3) is 0.500. The molecule has 0 aromatic heterocycles. The van der Waals surface area contributed by atoms with Crippen LogP contribution in [0.25, 0.3) is 0 Å². The van der Waals surface area contributed by atoms with Gasteiger partial charge < -0.3 is 40.1 Å². The zero-order valence-corrected chi connectivity index (χ0v) is 11.9. The summed E-state index contributed by atoms with van der Waals surface area (Å²) in [5.74, 6) is -8.69. The Morgan fingerprint density at radius 3 is 2.24 bits per heavy atom. The number of ether oxygens (including phenoxy) is 2. The van der Waals surface area contributed by atoms with E-state index in [4.69, 9.17) is 15.3 Å². The zero-order valence-electron chi connectivity index (χ0n) is 11.9. The van der Waals surface area contributed by atoms with E-state index in [0.717, 1.165) is 0 Å². The van der Waals surface area contributed by atoms with Gasteiger partial charge in [0.1, 0.15) is 6.10 Å². The second kappa shape index (κ2) is 9.12. The number of carbonyl (C=O) groups is 4. The summed E-state index contributed by atoms with van der Waals surface area (Å²) in [6.45, 7) is -0.926. The molecule has 1 aliphatic rings. The maximum absolute atomic E-state index is 11.7. The summed E-state index contributed by atoms with van der Waals surface area (Å²) < 4.78 is 8.97. The van der Waals surface area contributed by atoms with E-state index in [9.17, 15) is 34.5 Å². The Hall–Kier alpha value is -1.70. The number of cyclic esters (lactones) is 1. The first-order valence-electron chi connectivity index (χ1n) is 6.33. The molecule has 1 unspecified atom stereocenters. The monoisotopic (exact) mass is 374 g/mol. The van der Waals surface area contributed by atoms with E-state index in [1.54, 1.807) is 0 Å². The number of carbonyl (C=O) groups excluding carboxylic acids is 2. The predicted molar refractivity (Wildman–Crippen MR) is 75.3 cm³/mol. The third kappa shape index (κ3) is 5.66. The van der Waals surface area contributed by atoms with E-state index in [-0.39, 0.29) is 29.6 Å². The van der Waals surface area contributed by atoms with E-state index in [1.165, 1.54) is 0 Å². The van der Waals surface area contributed by atoms with Crippen LogP contribution in [0.2, 0.25) is 0 Å². The molecule has 0 fully saturated rings. The normalized spacial score (nSPS) is 20.1. The van der Waals surface area contributed by atoms with Crippen molar-refractivity contribution in [1.29, 1.82) is 0 Å². The minimum atomic E-state index is -2.99. The average molecular weight is 374 g/mol. The molecule has 0 amide bonds. The van der Waals surface area contributed by atoms with Crippen LogP contribution < -0.4 is 0 Å². The van der Waals surface area contributed by atoms with Crippen LogP contribution in [-0.4, -0.2) is 108 Å². The Labute approximate surface area is 161 Å². The summed E-state index contributed by atoms with van der Waals surface area (Å²) in [5.41, 5.74) is -2.99. The molecule has 0 saturated carbocycles. The van der Waals surface area contributed by atoms with Gasteiger partial charge in [0, 0.05) is 0 Å². The number of carboxylic acids is 2. The zero-order chi connectivity index (χ0) is 18.7. The number of hydrogen-bond donors (Lipinski definition) is 6. The predicted octanol–water partition coefficient (Wildman–Crippen LogP) is -3.39. The van der Waals surface area contributed by atoms with E-state index in [1.807, 2.05) is 0 Å². The van der Waals surface area contributed by atoms with Gasteiger partial charge in [-0.05, 0) is 0 Å². The van der Waals surface area contributed by atoms with E-state index >= 15 is 0 Å². The van der Waals surface area contributed by atoms with Crippen molar-refractivity contribution in [1.82, 2.24) is 0 Å². The van der Waals surface area contributed by atoms with Crippen molar-refractivity contribution in [2.24, 2.45) is 0 Å². The fourth-order valence-corrected chi connectivity index (χ4v) is 1.78. The van der Waals surface area contributed by atoms with Crippen LogP contribution in [0.1, 0.15) is 12.8 Å². The topological polar surface area (TPSA) is 208 Å². The Morgan fingerprint density at radius 1 is 1.24 bits per heavy atom. The molecular weight excluding hydrogens is 359 g/mol. The van der Waals surface area contributed by atoms with Crippen LogP contribution in [-0.2, 0) is 28.7 Å². The Bertz CT molecular complexity index is 599. The van der Waals surface area contributed by atoms with Crippen LogP contribution in [0.15, 0.2) is 11.5 Å². The van der Waals surface area contributed by atoms with Crippen LogP contribution >= 0.6 is 0 Å². The molecule has 6 N–H and O–H groups in total. The summed E-state index contributed by atoms with van der Waals surface area (Å²) in [6, 6.07) is 0. The second-order valence-corrected chi connectivity index (χ2v) is 4.85. The average Bonchev–Trinajstić information content (AvgIpc) is 2.73. The number of aliphatic hydroxyl groups excluding tert-OH is 3. The van der Waals surface area contributed by atoms with E-state index in [2.05, 4.69) is 9.47 Å². The van der Waals surface area contributed by atoms with Gasteiger partial charge in [-0.3, -0.25) is 9.59 Å². The molecule has 13 heteroatoms. The molecule has 25 heavy (non-hydrogen) atoms. The summed E-state index contributed by atoms with van der Waals surface area (Å²) >= 11 is 0. The van der Waals surface area contributed by atoms with Crippen molar-refractivity contribution in [2.75, 3.05) is 6.61 Å². The number of carboxylic acid groups (broad SMARTS) is 2. The van der Waals surface area contributed by atoms with Gasteiger partial charge in [-0.1, -0.05) is 0 Å². The molecular formula is C12H15NaO12. The van der Waals surface area contributed by atoms with Gasteiger partial charge in [-0.2, -0.15) is 0 Å². The maximum atomic E-state index is 11.7. The minimum absolute atomic E-state index is 0. The van der Waals surface area contributed by atoms with Crippen molar-refractivity contribution in [3.63, 3.8) is 0 Å². The summed E-state index contributed by atoms with van der Waals surface area (Å²) in [6.07, 6.45) is -6.13. The van der Waals surface area contributed by atoms with Crippen molar-refractivity contribution in [3.05, 3.63) is 11.5 Å². The molecule has 0 aliphatic carbocycles. The van der Waals surface area contributed by atoms with Gasteiger partial charge in [-0.15, -0.1) is 0 Å². The molecule has 1 heterocycles. The SMILES string of the molecule is O=C(O)CC(O)(CC(=O)OC1=C(O)C(=O)O[C@@H]1[C@@H](O)CO)C(=O)O.[NaH]. The van der Waals surface area contributed by atoms with Crippen LogP contribution in [0.3, 0.4) is 0 Å². The first kappa shape index (κ1) is 23.3. The third-order valence-electron chi connectivity index (χ3n) is 2.96. The molecule has 1 aliphatic heterocycles. The van der Waals surface area contributed by atoms with Crippen LogP contribution in [0.5, 0.6) is 0 Å². The molecule has 0 radical (unpaired) electrons. The van der Waals surface area contributed by atoms with Crippen molar-refractivity contribution in [3.8, 4) is 0 Å². The third-order valence-corrected chi connectivity index (χ3v) is 2.96. The van der Waals surface area contributed by atoms with Gasteiger partial charge >= 0.3 is 53.4 Å². The number of esters is 2. The molecule has 0 spiro atoms. The van der Waals surface area contributed by atoms with Crippen LogP contribution in [0.4, 0.5) is 0 Å². The molecule has 3 atom stereocenters. The molecule has 0 aromatic carbocycles. The van der Waals surface area contributed by atoms with Gasteiger partial charge in [0.25, 0.3) is 0 Å². The number of rotatable bonds is 8. The standard InChI is InChI=1S/C12H14O12.Na.H/c13-3-4(14)8-9(7(18)10(19)24-8)23-6(17)2-12(22,11(20)21)1-5(15)16;;/h4,8,13-14,18,22H,1-3H2,(H,15,16)(H,20,21);;/t4-,8+,12?;;/m0../s1. The molecule has 0 bridgehead atoms. The van der Waals surface area contributed by atoms with Gasteiger partial charge in [0.2, 0.25) is 11.5 Å². The van der Waals surface area contributed by atoms with Gasteiger partial charge in [0.05, 0.1) is 19.4 Å². The molecule has 12 nitrogen and oxygen atoms in total. The van der Waals surface area contributed by atoms with Crippen molar-refractivity contribution >= 4 is 53.4 Å². The summed E-state index contributed by atoms with van der Waals surface area (Å²) in [7, 11) is 0. The Kier molecular flexibility index (Phi) is 8.50. The molecule has 136 valence electrons. The molecule has 0 saturated heterocycles. The van der Waals surface area contributed by atoms with E-state index < -0.39 is 72.7 Å². The second-order valence-electron chi connectivity index (χ2n) is 4.85. The van der Waals surface area contributed by atoms with Crippen molar-refractivity contribution < 1.29 is 59.3 Å². The number of aliphatic hydroxyl groups is 4. The first-order valence-corrected chi connectivity index (χ1v) is 6.33. The van der Waals surface area contributed by atoms with Crippen LogP contribution in [0, 0.1) is 0 Å². The Morgan fingerprint density at radius 2 is 1.80 bits per heavy atom. The first-order chi connectivity index (χ1) is 11.0. The number of aliphatic carboxylic acids is 2. The summed E-state index contributed by atoms with van der Waals surface area (Å²) in [5, 5.41) is 54.8. The van der Waals surface area contributed by atoms with E-state index in [0.29, 0.717) is 0 Å². The van der Waals surface area contributed by atoms with Gasteiger partial charge in [0.15, 0.2) is 11.7 Å². The summed E-state index contributed by atoms with van der Waals surface area (Å²) in [4.78, 5) is 44.4.